The molecule has 1 aliphatic rings. The van der Waals surface area contributed by atoms with E-state index in [1.54, 1.807) is 12.5 Å². The summed E-state index contributed by atoms with van der Waals surface area (Å²) in [5, 5.41) is 0. The molecule has 4 heteroatoms. The number of aryl methyl sites for hydroxylation is 1. The molecule has 1 aromatic rings. The summed E-state index contributed by atoms with van der Waals surface area (Å²) in [7, 11) is 0. The summed E-state index contributed by atoms with van der Waals surface area (Å²) in [4.78, 5) is 20.9. The lowest BCUT2D eigenvalue weighted by atomic mass is 10.2. The summed E-state index contributed by atoms with van der Waals surface area (Å²) >= 11 is 0. The van der Waals surface area contributed by atoms with E-state index >= 15 is 0 Å². The Bertz CT molecular complexity index is 313. The van der Waals surface area contributed by atoms with Crippen LogP contribution in [0.5, 0.6) is 0 Å². The van der Waals surface area contributed by atoms with E-state index in [0.29, 0.717) is 6.42 Å². The van der Waals surface area contributed by atoms with E-state index in [0.717, 1.165) is 38.0 Å². The van der Waals surface area contributed by atoms with Crippen LogP contribution in [0.2, 0.25) is 0 Å². The van der Waals surface area contributed by atoms with Gasteiger partial charge in [-0.25, -0.2) is 4.98 Å². The van der Waals surface area contributed by atoms with Crippen molar-refractivity contribution >= 4 is 5.91 Å². The summed E-state index contributed by atoms with van der Waals surface area (Å²) in [5.74, 6) is 0.288. The normalized spacial score (nSPS) is 17.1. The molecule has 4 nitrogen and oxygen atoms in total. The summed E-state index contributed by atoms with van der Waals surface area (Å²) in [6, 6.07) is 0. The zero-order valence-corrected chi connectivity index (χ0v) is 9.61. The molecular formula is C12H19N3O. The van der Waals surface area contributed by atoms with Gasteiger partial charge < -0.3 is 9.88 Å². The van der Waals surface area contributed by atoms with Crippen molar-refractivity contribution in [2.75, 3.05) is 13.1 Å². The van der Waals surface area contributed by atoms with Gasteiger partial charge in [0, 0.05) is 31.4 Å². The predicted octanol–water partition coefficient (Wildman–Crippen LogP) is 1.74. The molecule has 1 amide bonds. The van der Waals surface area contributed by atoms with Gasteiger partial charge in [-0.05, 0) is 19.3 Å². The Morgan fingerprint density at radius 1 is 1.31 bits per heavy atom. The molecule has 0 atom stereocenters. The van der Waals surface area contributed by atoms with E-state index in [1.165, 1.54) is 12.8 Å². The van der Waals surface area contributed by atoms with Crippen molar-refractivity contribution < 1.29 is 4.79 Å². The second kappa shape index (κ2) is 5.68. The van der Waals surface area contributed by atoms with Crippen LogP contribution < -0.4 is 0 Å². The molecule has 0 aromatic carbocycles. The molecule has 1 N–H and O–H groups in total. The maximum absolute atomic E-state index is 11.9. The number of H-pyrrole nitrogens is 1. The Labute approximate surface area is 96.1 Å². The Kier molecular flexibility index (Phi) is 3.97. The van der Waals surface area contributed by atoms with E-state index in [2.05, 4.69) is 9.97 Å². The molecule has 0 unspecified atom stereocenters. The third-order valence-electron chi connectivity index (χ3n) is 3.12. The van der Waals surface area contributed by atoms with Gasteiger partial charge in [-0.2, -0.15) is 0 Å². The van der Waals surface area contributed by atoms with Crippen LogP contribution in [0.3, 0.4) is 0 Å². The van der Waals surface area contributed by atoms with E-state index in [9.17, 15) is 4.79 Å². The minimum Gasteiger partial charge on any atom is -0.348 e. The molecule has 2 rings (SSSR count). The van der Waals surface area contributed by atoms with Gasteiger partial charge in [0.25, 0.3) is 0 Å². The monoisotopic (exact) mass is 221 g/mol. The fraction of sp³-hybridized carbons (Fsp3) is 0.667. The van der Waals surface area contributed by atoms with Crippen molar-refractivity contribution in [2.24, 2.45) is 0 Å². The first-order valence-electron chi connectivity index (χ1n) is 6.11. The number of aromatic amines is 1. The maximum Gasteiger partial charge on any atom is 0.222 e. The largest absolute Gasteiger partial charge is 0.348 e. The smallest absolute Gasteiger partial charge is 0.222 e. The summed E-state index contributed by atoms with van der Waals surface area (Å²) in [6.45, 7) is 1.89. The molecule has 0 bridgehead atoms. The second-order valence-corrected chi connectivity index (χ2v) is 4.37. The molecule has 1 fully saturated rings. The number of hydrogen-bond donors (Lipinski definition) is 1. The number of nitrogens with one attached hydrogen (secondary N) is 1. The van der Waals surface area contributed by atoms with E-state index in [-0.39, 0.29) is 5.91 Å². The lowest BCUT2D eigenvalue weighted by molar-refractivity contribution is -0.131. The number of nitrogens with zero attached hydrogens (tertiary/aromatic N) is 2. The number of rotatable bonds is 3. The van der Waals surface area contributed by atoms with Crippen molar-refractivity contribution in [2.45, 2.75) is 38.5 Å². The van der Waals surface area contributed by atoms with Gasteiger partial charge in [0.1, 0.15) is 0 Å². The summed E-state index contributed by atoms with van der Waals surface area (Å²) < 4.78 is 0. The molecule has 2 heterocycles. The Balaban J connectivity index is 1.78. The van der Waals surface area contributed by atoms with Crippen LogP contribution in [0, 0.1) is 0 Å². The zero-order chi connectivity index (χ0) is 11.2. The van der Waals surface area contributed by atoms with Crippen LogP contribution in [0.25, 0.3) is 0 Å². The van der Waals surface area contributed by atoms with Crippen LogP contribution >= 0.6 is 0 Å². The molecule has 1 aromatic heterocycles. The lowest BCUT2D eigenvalue weighted by Gasteiger charge is -2.19. The van der Waals surface area contributed by atoms with E-state index < -0.39 is 0 Å². The number of aromatic nitrogens is 2. The highest BCUT2D eigenvalue weighted by Gasteiger charge is 2.15. The third-order valence-corrected chi connectivity index (χ3v) is 3.12. The molecule has 16 heavy (non-hydrogen) atoms. The van der Waals surface area contributed by atoms with Crippen LogP contribution in [0.4, 0.5) is 0 Å². The van der Waals surface area contributed by atoms with Crippen molar-refractivity contribution in [3.63, 3.8) is 0 Å². The van der Waals surface area contributed by atoms with E-state index in [4.69, 9.17) is 0 Å². The predicted molar refractivity (Wildman–Crippen MR) is 62.0 cm³/mol. The minimum absolute atomic E-state index is 0.288. The van der Waals surface area contributed by atoms with Gasteiger partial charge in [-0.3, -0.25) is 4.79 Å². The number of carbonyl (C=O) groups is 1. The first-order chi connectivity index (χ1) is 7.86. The number of likely N-dealkylation sites (tertiary alicyclic amines) is 1. The second-order valence-electron chi connectivity index (χ2n) is 4.37. The van der Waals surface area contributed by atoms with Crippen LogP contribution in [0.15, 0.2) is 12.5 Å². The van der Waals surface area contributed by atoms with Crippen molar-refractivity contribution in [1.29, 1.82) is 0 Å². The van der Waals surface area contributed by atoms with Crippen LogP contribution in [0.1, 0.15) is 37.8 Å². The Morgan fingerprint density at radius 3 is 2.69 bits per heavy atom. The highest BCUT2D eigenvalue weighted by Crippen LogP contribution is 2.11. The summed E-state index contributed by atoms with van der Waals surface area (Å²) in [5.41, 5.74) is 1.04. The maximum atomic E-state index is 11.9. The summed E-state index contributed by atoms with van der Waals surface area (Å²) in [6.07, 6.45) is 9.68. The average molecular weight is 221 g/mol. The fourth-order valence-electron chi connectivity index (χ4n) is 2.14. The van der Waals surface area contributed by atoms with Crippen LogP contribution in [-0.2, 0) is 11.2 Å². The first-order valence-corrected chi connectivity index (χ1v) is 6.11. The van der Waals surface area contributed by atoms with E-state index in [1.807, 2.05) is 4.90 Å². The standard InChI is InChI=1S/C12H19N3O/c16-12(6-5-11-9-13-10-14-11)15-7-3-1-2-4-8-15/h9-10H,1-8H2,(H,13,14). The van der Waals surface area contributed by atoms with Gasteiger partial charge in [-0.1, -0.05) is 12.8 Å². The SMILES string of the molecule is O=C(CCc1cnc[nH]1)N1CCCCCC1. The molecule has 0 saturated carbocycles. The van der Waals surface area contributed by atoms with Crippen LogP contribution in [-0.4, -0.2) is 33.9 Å². The highest BCUT2D eigenvalue weighted by molar-refractivity contribution is 5.76. The Hall–Kier alpha value is -1.32. The number of carbonyl (C=O) groups excluding carboxylic acids is 1. The third kappa shape index (κ3) is 3.08. The number of amides is 1. The van der Waals surface area contributed by atoms with Gasteiger partial charge in [0.2, 0.25) is 5.91 Å². The lowest BCUT2D eigenvalue weighted by Crippen LogP contribution is -2.31. The fourth-order valence-corrected chi connectivity index (χ4v) is 2.14. The minimum atomic E-state index is 0.288. The zero-order valence-electron chi connectivity index (χ0n) is 9.61. The first kappa shape index (κ1) is 11.2. The number of imidazole rings is 1. The molecular weight excluding hydrogens is 202 g/mol. The number of hydrogen-bond acceptors (Lipinski definition) is 2. The molecule has 0 spiro atoms. The molecule has 0 aliphatic carbocycles. The van der Waals surface area contributed by atoms with Gasteiger partial charge in [-0.15, -0.1) is 0 Å². The van der Waals surface area contributed by atoms with Gasteiger partial charge in [0.05, 0.1) is 6.33 Å². The highest BCUT2D eigenvalue weighted by atomic mass is 16.2. The molecule has 1 aliphatic heterocycles. The molecule has 0 radical (unpaired) electrons. The van der Waals surface area contributed by atoms with Crippen molar-refractivity contribution in [3.8, 4) is 0 Å². The Morgan fingerprint density at radius 2 is 2.06 bits per heavy atom. The topological polar surface area (TPSA) is 49.0 Å². The average Bonchev–Trinajstić information content (AvgIpc) is 2.66. The quantitative estimate of drug-likeness (QED) is 0.845. The van der Waals surface area contributed by atoms with Gasteiger partial charge >= 0.3 is 0 Å². The molecule has 88 valence electrons. The van der Waals surface area contributed by atoms with Crippen molar-refractivity contribution in [3.05, 3.63) is 18.2 Å². The van der Waals surface area contributed by atoms with Crippen molar-refractivity contribution in [1.82, 2.24) is 14.9 Å². The molecule has 1 saturated heterocycles. The van der Waals surface area contributed by atoms with Gasteiger partial charge in [0.15, 0.2) is 0 Å².